The highest BCUT2D eigenvalue weighted by Crippen LogP contribution is 2.30. The summed E-state index contributed by atoms with van der Waals surface area (Å²) in [7, 11) is 0. The van der Waals surface area contributed by atoms with Gasteiger partial charge in [0.25, 0.3) is 0 Å². The highest BCUT2D eigenvalue weighted by molar-refractivity contribution is 7.99. The molecule has 23 heavy (non-hydrogen) atoms. The second-order valence-electron chi connectivity index (χ2n) is 6.09. The van der Waals surface area contributed by atoms with Crippen molar-refractivity contribution in [3.05, 3.63) is 60.2 Å². The van der Waals surface area contributed by atoms with Gasteiger partial charge in [0.2, 0.25) is 6.79 Å². The van der Waals surface area contributed by atoms with Gasteiger partial charge in [-0.15, -0.1) is 0 Å². The van der Waals surface area contributed by atoms with Crippen molar-refractivity contribution in [2.75, 3.05) is 6.79 Å². The fraction of sp³-hybridized carbons (Fsp3) is 0.316. The Balaban J connectivity index is 2.07. The molecule has 0 saturated heterocycles. The molecule has 0 saturated carbocycles. The largest absolute Gasteiger partial charge is 0.367 e. The van der Waals surface area contributed by atoms with Crippen LogP contribution in [0.15, 0.2) is 69.5 Å². The molecule has 0 spiro atoms. The molecule has 4 heteroatoms. The van der Waals surface area contributed by atoms with Gasteiger partial charge in [-0.3, -0.25) is 0 Å². The molecule has 0 aliphatic rings. The third kappa shape index (κ3) is 6.08. The summed E-state index contributed by atoms with van der Waals surface area (Å²) in [6, 6.07) is 18.5. The molecule has 2 rings (SSSR count). The van der Waals surface area contributed by atoms with Gasteiger partial charge in [-0.05, 0) is 45.9 Å². The van der Waals surface area contributed by atoms with Gasteiger partial charge >= 0.3 is 0 Å². The average molecular weight is 329 g/mol. The maximum Gasteiger partial charge on any atom is 0.217 e. The number of oxime groups is 1. The Kier molecular flexibility index (Phi) is 6.25. The third-order valence-corrected chi connectivity index (χ3v) is 4.08. The van der Waals surface area contributed by atoms with Gasteiger partial charge in [-0.2, -0.15) is 0 Å². The highest BCUT2D eigenvalue weighted by atomic mass is 32.2. The first-order valence-corrected chi connectivity index (χ1v) is 8.40. The Morgan fingerprint density at radius 3 is 2.35 bits per heavy atom. The van der Waals surface area contributed by atoms with E-state index in [1.807, 2.05) is 58.0 Å². The first-order valence-electron chi connectivity index (χ1n) is 7.58. The molecule has 0 aromatic heterocycles. The van der Waals surface area contributed by atoms with Crippen molar-refractivity contribution < 1.29 is 9.57 Å². The maximum absolute atomic E-state index is 5.51. The van der Waals surface area contributed by atoms with Crippen molar-refractivity contribution in [3.63, 3.8) is 0 Å². The minimum absolute atomic E-state index is 0.148. The Labute approximate surface area is 142 Å². The zero-order valence-corrected chi connectivity index (χ0v) is 14.9. The molecule has 2 aromatic rings. The zero-order chi connectivity index (χ0) is 16.7. The predicted molar refractivity (Wildman–Crippen MR) is 96.0 cm³/mol. The second kappa shape index (κ2) is 8.18. The molecule has 0 atom stereocenters. The number of rotatable bonds is 6. The van der Waals surface area contributed by atoms with E-state index in [0.717, 1.165) is 16.2 Å². The summed E-state index contributed by atoms with van der Waals surface area (Å²) in [6.07, 6.45) is 0. The Bertz CT molecular complexity index is 648. The van der Waals surface area contributed by atoms with Gasteiger partial charge in [0.15, 0.2) is 0 Å². The smallest absolute Gasteiger partial charge is 0.217 e. The van der Waals surface area contributed by atoms with Crippen LogP contribution in [0.2, 0.25) is 0 Å². The van der Waals surface area contributed by atoms with Crippen molar-refractivity contribution >= 4 is 17.5 Å². The third-order valence-electron chi connectivity index (χ3n) is 2.99. The maximum atomic E-state index is 5.51. The van der Waals surface area contributed by atoms with Crippen molar-refractivity contribution in [1.82, 2.24) is 0 Å². The van der Waals surface area contributed by atoms with Crippen LogP contribution in [0.4, 0.5) is 0 Å². The lowest BCUT2D eigenvalue weighted by Crippen LogP contribution is -2.20. The van der Waals surface area contributed by atoms with Crippen LogP contribution in [0.25, 0.3) is 0 Å². The van der Waals surface area contributed by atoms with Crippen molar-refractivity contribution in [2.45, 2.75) is 43.1 Å². The highest BCUT2D eigenvalue weighted by Gasteiger charge is 2.10. The molecule has 0 fully saturated rings. The van der Waals surface area contributed by atoms with Gasteiger partial charge in [-0.25, -0.2) is 0 Å². The molecular formula is C19H23NO2S. The van der Waals surface area contributed by atoms with Gasteiger partial charge in [-0.1, -0.05) is 53.3 Å². The second-order valence-corrected chi connectivity index (χ2v) is 7.21. The number of nitrogens with zero attached hydrogens (tertiary/aromatic N) is 1. The normalized spacial score (nSPS) is 12.3. The molecular weight excluding hydrogens is 306 g/mol. The van der Waals surface area contributed by atoms with E-state index in [-0.39, 0.29) is 12.4 Å². The average Bonchev–Trinajstić information content (AvgIpc) is 2.52. The molecule has 0 heterocycles. The topological polar surface area (TPSA) is 30.8 Å². The van der Waals surface area contributed by atoms with Gasteiger partial charge in [0.1, 0.15) is 0 Å². The first-order chi connectivity index (χ1) is 11.0. The predicted octanol–water partition coefficient (Wildman–Crippen LogP) is 5.35. The summed E-state index contributed by atoms with van der Waals surface area (Å²) in [5.74, 6) is 0. The van der Waals surface area contributed by atoms with E-state index in [2.05, 4.69) is 29.4 Å². The van der Waals surface area contributed by atoms with Crippen LogP contribution in [0.1, 0.15) is 33.3 Å². The van der Waals surface area contributed by atoms with E-state index in [1.165, 1.54) is 4.90 Å². The summed E-state index contributed by atoms with van der Waals surface area (Å²) < 4.78 is 5.51. The monoisotopic (exact) mass is 329 g/mol. The van der Waals surface area contributed by atoms with Crippen LogP contribution in [-0.2, 0) is 9.57 Å². The van der Waals surface area contributed by atoms with E-state index in [9.17, 15) is 0 Å². The van der Waals surface area contributed by atoms with Crippen LogP contribution < -0.4 is 0 Å². The van der Waals surface area contributed by atoms with E-state index in [1.54, 1.807) is 11.8 Å². The minimum Gasteiger partial charge on any atom is -0.367 e. The molecule has 0 bridgehead atoms. The van der Waals surface area contributed by atoms with Crippen molar-refractivity contribution in [1.29, 1.82) is 0 Å². The lowest BCUT2D eigenvalue weighted by atomic mass is 10.1. The van der Waals surface area contributed by atoms with Crippen LogP contribution >= 0.6 is 11.8 Å². The molecule has 2 aromatic carbocycles. The zero-order valence-electron chi connectivity index (χ0n) is 14.1. The van der Waals surface area contributed by atoms with E-state index >= 15 is 0 Å². The quantitative estimate of drug-likeness (QED) is 0.310. The Hall–Kier alpha value is -1.78. The first kappa shape index (κ1) is 17.6. The Morgan fingerprint density at radius 1 is 1.00 bits per heavy atom. The molecule has 0 radical (unpaired) electrons. The molecule has 0 aliphatic heterocycles. The van der Waals surface area contributed by atoms with Gasteiger partial charge in [0, 0.05) is 15.4 Å². The Morgan fingerprint density at radius 2 is 1.65 bits per heavy atom. The molecule has 0 unspecified atom stereocenters. The van der Waals surface area contributed by atoms with Crippen LogP contribution in [-0.4, -0.2) is 18.1 Å². The van der Waals surface area contributed by atoms with Crippen molar-refractivity contribution in [2.24, 2.45) is 5.16 Å². The minimum atomic E-state index is -0.232. The standard InChI is InChI=1S/C19H23NO2S/c1-15(20-22-14-21-19(2,3)4)17-12-8-9-13-18(17)23-16-10-6-5-7-11-16/h5-13H,14H2,1-4H3/b20-15+. The van der Waals surface area contributed by atoms with Crippen LogP contribution in [0.5, 0.6) is 0 Å². The lowest BCUT2D eigenvalue weighted by molar-refractivity contribution is -0.119. The van der Waals surface area contributed by atoms with E-state index < -0.39 is 0 Å². The summed E-state index contributed by atoms with van der Waals surface area (Å²) in [5, 5.41) is 4.18. The van der Waals surface area contributed by atoms with Gasteiger partial charge in [0.05, 0.1) is 11.3 Å². The summed E-state index contributed by atoms with van der Waals surface area (Å²) in [5.41, 5.74) is 1.67. The summed E-state index contributed by atoms with van der Waals surface area (Å²) in [4.78, 5) is 7.64. The number of hydrogen-bond donors (Lipinski definition) is 0. The van der Waals surface area contributed by atoms with E-state index in [0.29, 0.717) is 0 Å². The summed E-state index contributed by atoms with van der Waals surface area (Å²) >= 11 is 1.72. The number of ether oxygens (including phenoxy) is 1. The van der Waals surface area contributed by atoms with Crippen LogP contribution in [0, 0.1) is 0 Å². The van der Waals surface area contributed by atoms with Crippen LogP contribution in [0.3, 0.4) is 0 Å². The fourth-order valence-corrected chi connectivity index (χ4v) is 2.86. The fourth-order valence-electron chi connectivity index (χ4n) is 1.85. The van der Waals surface area contributed by atoms with Crippen molar-refractivity contribution in [3.8, 4) is 0 Å². The van der Waals surface area contributed by atoms with E-state index in [4.69, 9.17) is 9.57 Å². The summed E-state index contributed by atoms with van der Waals surface area (Å²) in [6.45, 7) is 8.05. The lowest BCUT2D eigenvalue weighted by Gasteiger charge is -2.18. The molecule has 0 N–H and O–H groups in total. The van der Waals surface area contributed by atoms with Gasteiger partial charge < -0.3 is 9.57 Å². The molecule has 0 amide bonds. The number of hydrogen-bond acceptors (Lipinski definition) is 4. The number of benzene rings is 2. The SMILES string of the molecule is C/C(=N\OCOC(C)(C)C)c1ccccc1Sc1ccccc1. The molecule has 122 valence electrons. The molecule has 0 aliphatic carbocycles. The molecule has 3 nitrogen and oxygen atoms in total.